The van der Waals surface area contributed by atoms with Crippen LogP contribution in [0.5, 0.6) is 5.88 Å². The second-order valence-electron chi connectivity index (χ2n) is 7.46. The zero-order valence-corrected chi connectivity index (χ0v) is 15.3. The second-order valence-corrected chi connectivity index (χ2v) is 7.46. The Morgan fingerprint density at radius 3 is 2.64 bits per heavy atom. The highest BCUT2D eigenvalue weighted by Gasteiger charge is 2.45. The van der Waals surface area contributed by atoms with Crippen LogP contribution in [0.1, 0.15) is 36.4 Å². The van der Waals surface area contributed by atoms with Crippen LogP contribution >= 0.6 is 0 Å². The number of methoxy groups -OCH3 is 1. The Labute approximate surface area is 149 Å². The van der Waals surface area contributed by atoms with Crippen LogP contribution in [-0.4, -0.2) is 49.2 Å². The predicted molar refractivity (Wildman–Crippen MR) is 99.2 cm³/mol. The molecule has 1 aromatic heterocycles. The van der Waals surface area contributed by atoms with Gasteiger partial charge in [-0.25, -0.2) is 9.97 Å². The van der Waals surface area contributed by atoms with E-state index in [1.807, 2.05) is 6.07 Å². The zero-order valence-electron chi connectivity index (χ0n) is 15.3. The third-order valence-corrected chi connectivity index (χ3v) is 5.98. The van der Waals surface area contributed by atoms with Crippen LogP contribution in [0.15, 0.2) is 36.7 Å². The first-order valence-electron chi connectivity index (χ1n) is 9.00. The second kappa shape index (κ2) is 6.30. The van der Waals surface area contributed by atoms with Gasteiger partial charge in [0.25, 0.3) is 0 Å². The Kier molecular flexibility index (Phi) is 4.12. The number of aromatic nitrogens is 2. The van der Waals surface area contributed by atoms with Crippen molar-refractivity contribution < 1.29 is 4.74 Å². The normalized spacial score (nSPS) is 21.6. The summed E-state index contributed by atoms with van der Waals surface area (Å²) >= 11 is 0. The molecule has 1 saturated heterocycles. The summed E-state index contributed by atoms with van der Waals surface area (Å²) in [5.41, 5.74) is 3.39. The molecule has 0 saturated carbocycles. The van der Waals surface area contributed by atoms with Gasteiger partial charge in [-0.1, -0.05) is 24.3 Å². The summed E-state index contributed by atoms with van der Waals surface area (Å²) in [5.74, 6) is 1.60. The molecule has 2 aromatic rings. The minimum atomic E-state index is 0.305. The summed E-state index contributed by atoms with van der Waals surface area (Å²) < 4.78 is 5.24. The third-order valence-electron chi connectivity index (χ3n) is 5.98. The molecule has 2 aliphatic rings. The summed E-state index contributed by atoms with van der Waals surface area (Å²) in [4.78, 5) is 13.3. The van der Waals surface area contributed by atoms with Gasteiger partial charge in [-0.3, -0.25) is 0 Å². The number of hydrogen-bond donors (Lipinski definition) is 0. The molecule has 25 heavy (non-hydrogen) atoms. The fraction of sp³-hybridized carbons (Fsp3) is 0.500. The molecule has 1 aromatic carbocycles. The Bertz CT molecular complexity index is 753. The van der Waals surface area contributed by atoms with Crippen LogP contribution in [0.2, 0.25) is 0 Å². The van der Waals surface area contributed by atoms with Crippen LogP contribution < -0.4 is 9.64 Å². The van der Waals surface area contributed by atoms with E-state index in [0.29, 0.717) is 17.3 Å². The van der Waals surface area contributed by atoms with Gasteiger partial charge in [-0.2, -0.15) is 0 Å². The number of rotatable bonds is 3. The van der Waals surface area contributed by atoms with Gasteiger partial charge in [-0.15, -0.1) is 0 Å². The number of benzene rings is 1. The van der Waals surface area contributed by atoms with Gasteiger partial charge in [0.15, 0.2) is 0 Å². The van der Waals surface area contributed by atoms with Crippen molar-refractivity contribution in [1.29, 1.82) is 0 Å². The van der Waals surface area contributed by atoms with E-state index in [0.717, 1.165) is 18.9 Å². The fourth-order valence-corrected chi connectivity index (χ4v) is 4.57. The smallest absolute Gasteiger partial charge is 0.218 e. The van der Waals surface area contributed by atoms with Crippen molar-refractivity contribution in [3.05, 3.63) is 47.8 Å². The highest BCUT2D eigenvalue weighted by atomic mass is 16.5. The van der Waals surface area contributed by atoms with Crippen molar-refractivity contribution in [2.45, 2.75) is 30.7 Å². The van der Waals surface area contributed by atoms with Crippen molar-refractivity contribution in [3.8, 4) is 5.88 Å². The number of piperidine rings is 1. The highest BCUT2D eigenvalue weighted by Crippen LogP contribution is 2.52. The molecule has 5 nitrogen and oxygen atoms in total. The molecule has 1 aliphatic carbocycles. The van der Waals surface area contributed by atoms with E-state index in [2.05, 4.69) is 58.1 Å². The first-order chi connectivity index (χ1) is 12.1. The first-order valence-corrected chi connectivity index (χ1v) is 9.00. The minimum Gasteiger partial charge on any atom is -0.481 e. The maximum absolute atomic E-state index is 5.24. The van der Waals surface area contributed by atoms with E-state index in [1.54, 1.807) is 19.0 Å². The van der Waals surface area contributed by atoms with Crippen LogP contribution in [0.3, 0.4) is 0 Å². The van der Waals surface area contributed by atoms with E-state index in [-0.39, 0.29) is 0 Å². The number of ether oxygens (including phenoxy) is 1. The molecule has 4 rings (SSSR count). The lowest BCUT2D eigenvalue weighted by Crippen LogP contribution is -2.42. The quantitative estimate of drug-likeness (QED) is 0.860. The molecule has 0 bridgehead atoms. The lowest BCUT2D eigenvalue weighted by Gasteiger charge is -2.41. The average molecular weight is 338 g/mol. The van der Waals surface area contributed by atoms with Crippen LogP contribution in [0.25, 0.3) is 0 Å². The van der Waals surface area contributed by atoms with Crippen molar-refractivity contribution in [1.82, 2.24) is 14.9 Å². The van der Waals surface area contributed by atoms with Gasteiger partial charge >= 0.3 is 0 Å². The summed E-state index contributed by atoms with van der Waals surface area (Å²) in [6.45, 7) is 2.04. The van der Waals surface area contributed by atoms with E-state index >= 15 is 0 Å². The van der Waals surface area contributed by atoms with Gasteiger partial charge in [0.2, 0.25) is 5.88 Å². The molecule has 5 heteroatoms. The average Bonchev–Trinajstić information content (AvgIpc) is 2.97. The van der Waals surface area contributed by atoms with E-state index in [4.69, 9.17) is 4.74 Å². The lowest BCUT2D eigenvalue weighted by molar-refractivity contribution is 0.230. The lowest BCUT2D eigenvalue weighted by atomic mass is 9.73. The fourth-order valence-electron chi connectivity index (χ4n) is 4.57. The SMILES string of the molecule is COc1cc(N2CCC3(CC2)CC(N(C)C)c2ccccc23)ncn1. The molecule has 1 aliphatic heterocycles. The molecule has 0 N–H and O–H groups in total. The van der Waals surface area contributed by atoms with Gasteiger partial charge in [-0.05, 0) is 44.5 Å². The van der Waals surface area contributed by atoms with Crippen molar-refractivity contribution in [3.63, 3.8) is 0 Å². The molecule has 1 unspecified atom stereocenters. The van der Waals surface area contributed by atoms with Gasteiger partial charge < -0.3 is 14.5 Å². The van der Waals surface area contributed by atoms with Crippen molar-refractivity contribution in [2.24, 2.45) is 0 Å². The van der Waals surface area contributed by atoms with Gasteiger partial charge in [0.1, 0.15) is 12.1 Å². The highest BCUT2D eigenvalue weighted by molar-refractivity contribution is 5.46. The zero-order chi connectivity index (χ0) is 17.4. The summed E-state index contributed by atoms with van der Waals surface area (Å²) in [7, 11) is 6.04. The molecule has 0 radical (unpaired) electrons. The molecule has 1 atom stereocenters. The Balaban J connectivity index is 1.57. The molecular formula is C20H26N4O. The maximum Gasteiger partial charge on any atom is 0.218 e. The Morgan fingerprint density at radius 1 is 1.16 bits per heavy atom. The number of fused-ring (bicyclic) bond motifs is 2. The summed E-state index contributed by atoms with van der Waals surface area (Å²) in [6.07, 6.45) is 5.15. The van der Waals surface area contributed by atoms with Crippen molar-refractivity contribution >= 4 is 5.82 Å². The van der Waals surface area contributed by atoms with E-state index in [9.17, 15) is 0 Å². The molecule has 0 amide bonds. The minimum absolute atomic E-state index is 0.305. The van der Waals surface area contributed by atoms with Gasteiger partial charge in [0, 0.05) is 30.6 Å². The van der Waals surface area contributed by atoms with Crippen LogP contribution in [0.4, 0.5) is 5.82 Å². The number of hydrogen-bond acceptors (Lipinski definition) is 5. The van der Waals surface area contributed by atoms with Crippen LogP contribution in [-0.2, 0) is 5.41 Å². The predicted octanol–water partition coefficient (Wildman–Crippen LogP) is 3.03. The first kappa shape index (κ1) is 16.3. The standard InChI is InChI=1S/C20H26N4O/c1-23(2)17-13-20(16-7-5-4-6-15(16)17)8-10-24(11-9-20)18-12-19(25-3)22-14-21-18/h4-7,12,14,17H,8-11,13H2,1-3H3. The van der Waals surface area contributed by atoms with Crippen LogP contribution in [0, 0.1) is 0 Å². The largest absolute Gasteiger partial charge is 0.481 e. The summed E-state index contributed by atoms with van der Waals surface area (Å²) in [6, 6.07) is 11.5. The summed E-state index contributed by atoms with van der Waals surface area (Å²) in [5, 5.41) is 0. The Hall–Kier alpha value is -2.14. The topological polar surface area (TPSA) is 41.5 Å². The number of nitrogens with zero attached hydrogens (tertiary/aromatic N) is 4. The monoisotopic (exact) mass is 338 g/mol. The molecule has 1 spiro atoms. The van der Waals surface area contributed by atoms with E-state index < -0.39 is 0 Å². The third kappa shape index (κ3) is 2.76. The molecule has 132 valence electrons. The van der Waals surface area contributed by atoms with E-state index in [1.165, 1.54) is 24.8 Å². The number of anilines is 1. The molecule has 2 heterocycles. The molecular weight excluding hydrogens is 312 g/mol. The molecule has 1 fully saturated rings. The Morgan fingerprint density at radius 2 is 1.92 bits per heavy atom. The maximum atomic E-state index is 5.24. The van der Waals surface area contributed by atoms with Crippen molar-refractivity contribution in [2.75, 3.05) is 39.2 Å². The van der Waals surface area contributed by atoms with Gasteiger partial charge in [0.05, 0.1) is 7.11 Å².